The number of fused-ring (bicyclic) bond motifs is 2. The summed E-state index contributed by atoms with van der Waals surface area (Å²) < 4.78 is 11.1. The van der Waals surface area contributed by atoms with Crippen molar-refractivity contribution in [2.75, 3.05) is 14.2 Å². The normalized spacial score (nSPS) is 15.0. The quantitative estimate of drug-likeness (QED) is 0.170. The third-order valence-electron chi connectivity index (χ3n) is 11.4. The van der Waals surface area contributed by atoms with Gasteiger partial charge in [-0.3, -0.25) is 14.4 Å². The van der Waals surface area contributed by atoms with E-state index in [0.29, 0.717) is 31.3 Å². The molecule has 0 amide bonds. The van der Waals surface area contributed by atoms with Gasteiger partial charge in [0.25, 0.3) is 0 Å². The zero-order chi connectivity index (χ0) is 41.5. The Kier molecular flexibility index (Phi) is 10.9. The molecule has 2 aliphatic carbocycles. The van der Waals surface area contributed by atoms with Crippen LogP contribution < -0.4 is 9.47 Å². The third kappa shape index (κ3) is 8.06. The van der Waals surface area contributed by atoms with E-state index < -0.39 is 5.92 Å². The Labute approximate surface area is 341 Å². The summed E-state index contributed by atoms with van der Waals surface area (Å²) in [5.74, 6) is 1.54. The highest BCUT2D eigenvalue weighted by Gasteiger charge is 2.34. The van der Waals surface area contributed by atoms with Gasteiger partial charge in [0.2, 0.25) is 0 Å². The molecule has 0 saturated heterocycles. The van der Waals surface area contributed by atoms with Crippen molar-refractivity contribution in [3.8, 4) is 33.8 Å². The highest BCUT2D eigenvalue weighted by Crippen LogP contribution is 2.39. The molecular weight excluding hydrogens is 721 g/mol. The van der Waals surface area contributed by atoms with Crippen LogP contribution in [0.2, 0.25) is 0 Å². The number of ether oxygens (including phenoxy) is 2. The van der Waals surface area contributed by atoms with Crippen LogP contribution in [0.1, 0.15) is 95.4 Å². The summed E-state index contributed by atoms with van der Waals surface area (Å²) in [6.45, 7) is 13.1. The van der Waals surface area contributed by atoms with Gasteiger partial charge in [-0.15, -0.1) is 0 Å². The predicted molar refractivity (Wildman–Crippen MR) is 235 cm³/mol. The highest BCUT2D eigenvalue weighted by molar-refractivity contribution is 6.23. The van der Waals surface area contributed by atoms with Crippen LogP contribution in [0.5, 0.6) is 11.5 Å². The van der Waals surface area contributed by atoms with E-state index in [1.807, 2.05) is 48.5 Å². The second kappa shape index (κ2) is 15.7. The zero-order valence-electron chi connectivity index (χ0n) is 34.8. The van der Waals surface area contributed by atoms with E-state index in [1.165, 1.54) is 11.1 Å². The average molecular weight is 773 g/mol. The molecular formula is C52H52O6. The van der Waals surface area contributed by atoms with Gasteiger partial charge in [-0.25, -0.2) is 0 Å². The second-order valence-corrected chi connectivity index (χ2v) is 17.5. The number of hydrogen-bond donors (Lipinski definition) is 1. The Morgan fingerprint density at radius 1 is 0.483 bits per heavy atom. The van der Waals surface area contributed by atoms with Gasteiger partial charge < -0.3 is 14.6 Å². The molecule has 0 aliphatic heterocycles. The molecule has 296 valence electrons. The molecule has 0 heterocycles. The number of methoxy groups -OCH3 is 2. The molecule has 2 aliphatic rings. The molecule has 0 radical (unpaired) electrons. The SMILES string of the molecule is COc1ccc(-c2ccc3cc(C4=C(O)CCC4=O)ccc3c2)cc1C(C)(C)C.COc1ccc(-c2ccc3cc(C4C(=O)CCC4=O)ccc3c2)cc1C(C)(C)C. The van der Waals surface area contributed by atoms with Gasteiger partial charge in [0.15, 0.2) is 5.78 Å². The van der Waals surface area contributed by atoms with Crippen LogP contribution in [0.4, 0.5) is 0 Å². The van der Waals surface area contributed by atoms with Crippen LogP contribution >= 0.6 is 0 Å². The van der Waals surface area contributed by atoms with Crippen LogP contribution in [0.3, 0.4) is 0 Å². The number of hydrogen-bond acceptors (Lipinski definition) is 6. The number of benzene rings is 6. The number of ketones is 3. The first-order valence-corrected chi connectivity index (χ1v) is 20.0. The van der Waals surface area contributed by atoms with Crippen molar-refractivity contribution >= 4 is 44.5 Å². The summed E-state index contributed by atoms with van der Waals surface area (Å²) in [6.07, 6.45) is 1.58. The Morgan fingerprint density at radius 2 is 0.879 bits per heavy atom. The molecule has 0 atom stereocenters. The van der Waals surface area contributed by atoms with Crippen molar-refractivity contribution in [3.05, 3.63) is 137 Å². The van der Waals surface area contributed by atoms with Crippen molar-refractivity contribution in [2.45, 2.75) is 84.0 Å². The molecule has 6 heteroatoms. The van der Waals surface area contributed by atoms with Crippen molar-refractivity contribution < 1.29 is 29.0 Å². The minimum atomic E-state index is -0.574. The molecule has 58 heavy (non-hydrogen) atoms. The molecule has 6 nitrogen and oxygen atoms in total. The Bertz CT molecular complexity index is 2610. The van der Waals surface area contributed by atoms with Crippen LogP contribution in [0.25, 0.3) is 49.4 Å². The monoisotopic (exact) mass is 772 g/mol. The van der Waals surface area contributed by atoms with Gasteiger partial charge in [-0.1, -0.05) is 102 Å². The zero-order valence-corrected chi connectivity index (χ0v) is 34.8. The number of allylic oxidation sites excluding steroid dienone is 2. The van der Waals surface area contributed by atoms with Crippen molar-refractivity contribution in [1.82, 2.24) is 0 Å². The molecule has 0 spiro atoms. The van der Waals surface area contributed by atoms with Crippen LogP contribution in [-0.4, -0.2) is 36.7 Å². The van der Waals surface area contributed by atoms with E-state index in [1.54, 1.807) is 14.2 Å². The fraction of sp³-hybridized carbons (Fsp3) is 0.288. The summed E-state index contributed by atoms with van der Waals surface area (Å²) in [7, 11) is 3.41. The van der Waals surface area contributed by atoms with Gasteiger partial charge in [-0.2, -0.15) is 0 Å². The lowest BCUT2D eigenvalue weighted by molar-refractivity contribution is -0.123. The average Bonchev–Trinajstić information content (AvgIpc) is 3.73. The van der Waals surface area contributed by atoms with E-state index in [0.717, 1.165) is 66.4 Å². The first-order chi connectivity index (χ1) is 27.5. The Hall–Kier alpha value is -6.01. The van der Waals surface area contributed by atoms with E-state index in [4.69, 9.17) is 9.47 Å². The van der Waals surface area contributed by atoms with Crippen molar-refractivity contribution in [2.24, 2.45) is 0 Å². The van der Waals surface area contributed by atoms with Crippen LogP contribution in [0.15, 0.2) is 115 Å². The minimum absolute atomic E-state index is 0.0172. The molecule has 0 bridgehead atoms. The first kappa shape index (κ1) is 40.2. The molecule has 6 aromatic carbocycles. The van der Waals surface area contributed by atoms with Crippen molar-refractivity contribution in [3.63, 3.8) is 0 Å². The summed E-state index contributed by atoms with van der Waals surface area (Å²) in [5.41, 5.74) is 8.95. The molecule has 0 aromatic heterocycles. The lowest BCUT2D eigenvalue weighted by atomic mass is 9.84. The minimum Gasteiger partial charge on any atom is -0.512 e. The molecule has 6 aromatic rings. The van der Waals surface area contributed by atoms with Crippen molar-refractivity contribution in [1.29, 1.82) is 0 Å². The van der Waals surface area contributed by atoms with E-state index in [9.17, 15) is 19.5 Å². The van der Waals surface area contributed by atoms with E-state index in [2.05, 4.69) is 102 Å². The smallest absolute Gasteiger partial charge is 0.167 e. The Morgan fingerprint density at radius 3 is 1.31 bits per heavy atom. The summed E-state index contributed by atoms with van der Waals surface area (Å²) in [5, 5.41) is 14.4. The van der Waals surface area contributed by atoms with Crippen LogP contribution in [0, 0.1) is 0 Å². The topological polar surface area (TPSA) is 89.9 Å². The lowest BCUT2D eigenvalue weighted by Crippen LogP contribution is -2.12. The van der Waals surface area contributed by atoms with Gasteiger partial charge in [-0.05, 0) is 114 Å². The summed E-state index contributed by atoms with van der Waals surface area (Å²) in [6, 6.07) is 37.2. The maximum atomic E-state index is 12.1. The number of aliphatic hydroxyl groups is 1. The number of Topliss-reactive ketones (excluding diaryl/α,β-unsaturated/α-hetero) is 3. The van der Waals surface area contributed by atoms with E-state index in [-0.39, 0.29) is 33.9 Å². The number of rotatable bonds is 6. The number of aliphatic hydroxyl groups excluding tert-OH is 1. The summed E-state index contributed by atoms with van der Waals surface area (Å²) >= 11 is 0. The van der Waals surface area contributed by atoms with Gasteiger partial charge in [0.1, 0.15) is 34.7 Å². The fourth-order valence-corrected chi connectivity index (χ4v) is 8.21. The second-order valence-electron chi connectivity index (χ2n) is 17.5. The highest BCUT2D eigenvalue weighted by atomic mass is 16.5. The van der Waals surface area contributed by atoms with Crippen LogP contribution in [-0.2, 0) is 25.2 Å². The summed E-state index contributed by atoms with van der Waals surface area (Å²) in [4.78, 5) is 36.3. The fourth-order valence-electron chi connectivity index (χ4n) is 8.21. The first-order valence-electron chi connectivity index (χ1n) is 20.0. The maximum absolute atomic E-state index is 12.1. The molecule has 1 fully saturated rings. The molecule has 8 rings (SSSR count). The third-order valence-corrected chi connectivity index (χ3v) is 11.4. The standard InChI is InChI=1S/2C26H26O3/c2*1-26(2,3)21-15-19(9-12-24(21)29-4)17-5-6-18-14-20(8-7-16(18)13-17)25-22(27)10-11-23(25)28/h5-9,12-15,27H,10-11H2,1-4H3;5-9,12-15,25H,10-11H2,1-4H3. The predicted octanol–water partition coefficient (Wildman–Crippen LogP) is 12.3. The lowest BCUT2D eigenvalue weighted by Gasteiger charge is -2.23. The maximum Gasteiger partial charge on any atom is 0.167 e. The van der Waals surface area contributed by atoms with Gasteiger partial charge in [0, 0.05) is 36.8 Å². The number of carbonyl (C=O) groups excluding carboxylic acids is 3. The largest absolute Gasteiger partial charge is 0.512 e. The Balaban J connectivity index is 0.000000177. The molecule has 1 saturated carbocycles. The van der Waals surface area contributed by atoms with Gasteiger partial charge >= 0.3 is 0 Å². The van der Waals surface area contributed by atoms with E-state index >= 15 is 0 Å². The van der Waals surface area contributed by atoms with Gasteiger partial charge in [0.05, 0.1) is 19.8 Å². The molecule has 0 unspecified atom stereocenters. The molecule has 1 N–H and O–H groups in total. The number of carbonyl (C=O) groups is 3.